The molecule has 7 nitrogen and oxygen atoms in total. The zero-order chi connectivity index (χ0) is 25.7. The van der Waals surface area contributed by atoms with Crippen LogP contribution in [0.3, 0.4) is 0 Å². The fraction of sp³-hybridized carbons (Fsp3) is 0.111. The zero-order valence-electron chi connectivity index (χ0n) is 19.5. The van der Waals surface area contributed by atoms with Crippen molar-refractivity contribution in [3.05, 3.63) is 94.4 Å². The van der Waals surface area contributed by atoms with Crippen molar-refractivity contribution in [2.24, 2.45) is 0 Å². The third kappa shape index (κ3) is 5.99. The van der Waals surface area contributed by atoms with Crippen LogP contribution in [0.2, 0.25) is 0 Å². The van der Waals surface area contributed by atoms with E-state index in [-0.39, 0.29) is 5.91 Å². The number of ether oxygens (including phenoxy) is 2. The number of hydrogen-bond acceptors (Lipinski definition) is 7. The van der Waals surface area contributed by atoms with E-state index in [4.69, 9.17) is 21.7 Å². The summed E-state index contributed by atoms with van der Waals surface area (Å²) in [5.74, 6) is -0.586. The molecule has 0 aliphatic carbocycles. The SMILES string of the molecule is COc1ccc(N2C(=O)/C(=C\c3ccc(C(=O)OCC(=O)Nc4ccc(C)cc4)cc3)SC2=S)cc1. The fourth-order valence-corrected chi connectivity index (χ4v) is 4.64. The lowest BCUT2D eigenvalue weighted by atomic mass is 10.1. The molecule has 1 heterocycles. The highest BCUT2D eigenvalue weighted by Crippen LogP contribution is 2.36. The Labute approximate surface area is 218 Å². The van der Waals surface area contributed by atoms with E-state index in [1.807, 2.05) is 19.1 Å². The molecule has 0 saturated carbocycles. The van der Waals surface area contributed by atoms with Gasteiger partial charge in [-0.25, -0.2) is 4.79 Å². The summed E-state index contributed by atoms with van der Waals surface area (Å²) in [6.07, 6.45) is 1.72. The Balaban J connectivity index is 1.35. The summed E-state index contributed by atoms with van der Waals surface area (Å²) in [5, 5.41) is 2.68. The summed E-state index contributed by atoms with van der Waals surface area (Å²) in [4.78, 5) is 39.3. The van der Waals surface area contributed by atoms with E-state index in [0.29, 0.717) is 31.9 Å². The van der Waals surface area contributed by atoms with Gasteiger partial charge >= 0.3 is 5.97 Å². The molecule has 9 heteroatoms. The van der Waals surface area contributed by atoms with Gasteiger partial charge in [-0.1, -0.05) is 53.8 Å². The monoisotopic (exact) mass is 518 g/mol. The van der Waals surface area contributed by atoms with Crippen LogP contribution in [0.1, 0.15) is 21.5 Å². The number of aryl methyl sites for hydroxylation is 1. The van der Waals surface area contributed by atoms with E-state index in [1.165, 1.54) is 16.7 Å². The van der Waals surface area contributed by atoms with Gasteiger partial charge < -0.3 is 14.8 Å². The van der Waals surface area contributed by atoms with Gasteiger partial charge in [0.1, 0.15) is 5.75 Å². The van der Waals surface area contributed by atoms with Gasteiger partial charge in [-0.2, -0.15) is 0 Å². The number of nitrogens with zero attached hydrogens (tertiary/aromatic N) is 1. The number of benzene rings is 3. The summed E-state index contributed by atoms with van der Waals surface area (Å²) in [6, 6.07) is 20.9. The first-order chi connectivity index (χ1) is 17.3. The number of carbonyl (C=O) groups is 3. The molecule has 0 aromatic heterocycles. The lowest BCUT2D eigenvalue weighted by Crippen LogP contribution is -2.27. The number of nitrogens with one attached hydrogen (secondary N) is 1. The van der Waals surface area contributed by atoms with Crippen LogP contribution in [-0.4, -0.2) is 35.8 Å². The highest BCUT2D eigenvalue weighted by Gasteiger charge is 2.33. The number of rotatable bonds is 7. The lowest BCUT2D eigenvalue weighted by molar-refractivity contribution is -0.119. The Bertz CT molecular complexity index is 1330. The third-order valence-corrected chi connectivity index (χ3v) is 6.54. The van der Waals surface area contributed by atoms with Crippen LogP contribution >= 0.6 is 24.0 Å². The van der Waals surface area contributed by atoms with Crippen LogP contribution in [0.4, 0.5) is 11.4 Å². The molecule has 2 amide bonds. The maximum absolute atomic E-state index is 13.0. The summed E-state index contributed by atoms with van der Waals surface area (Å²) < 4.78 is 10.7. The van der Waals surface area contributed by atoms with Crippen molar-refractivity contribution in [1.82, 2.24) is 0 Å². The Kier molecular flexibility index (Phi) is 7.82. The zero-order valence-corrected chi connectivity index (χ0v) is 21.2. The number of methoxy groups -OCH3 is 1. The third-order valence-electron chi connectivity index (χ3n) is 5.24. The predicted molar refractivity (Wildman–Crippen MR) is 145 cm³/mol. The molecule has 4 rings (SSSR count). The molecule has 0 bridgehead atoms. The van der Waals surface area contributed by atoms with Gasteiger partial charge in [-0.05, 0) is 67.1 Å². The number of thioether (sulfide) groups is 1. The van der Waals surface area contributed by atoms with Crippen molar-refractivity contribution in [1.29, 1.82) is 0 Å². The van der Waals surface area contributed by atoms with Crippen molar-refractivity contribution in [2.75, 3.05) is 23.9 Å². The molecule has 1 saturated heterocycles. The largest absolute Gasteiger partial charge is 0.497 e. The van der Waals surface area contributed by atoms with Crippen molar-refractivity contribution in [3.8, 4) is 5.75 Å². The minimum absolute atomic E-state index is 0.224. The first-order valence-corrected chi connectivity index (χ1v) is 12.1. The number of esters is 1. The second-order valence-electron chi connectivity index (χ2n) is 7.83. The topological polar surface area (TPSA) is 84.9 Å². The van der Waals surface area contributed by atoms with Gasteiger partial charge in [0.05, 0.1) is 23.3 Å². The molecule has 0 radical (unpaired) electrons. The van der Waals surface area contributed by atoms with E-state index in [2.05, 4.69) is 5.32 Å². The molecule has 36 heavy (non-hydrogen) atoms. The van der Waals surface area contributed by atoms with E-state index in [0.717, 1.165) is 11.1 Å². The van der Waals surface area contributed by atoms with E-state index >= 15 is 0 Å². The number of anilines is 2. The molecule has 1 N–H and O–H groups in total. The average molecular weight is 519 g/mol. The number of thiocarbonyl (C=S) groups is 1. The molecule has 0 spiro atoms. The summed E-state index contributed by atoms with van der Waals surface area (Å²) in [7, 11) is 1.58. The molecular weight excluding hydrogens is 496 g/mol. The van der Waals surface area contributed by atoms with Crippen molar-refractivity contribution in [3.63, 3.8) is 0 Å². The predicted octanol–water partition coefficient (Wildman–Crippen LogP) is 5.20. The van der Waals surface area contributed by atoms with Gasteiger partial charge in [0.2, 0.25) is 0 Å². The van der Waals surface area contributed by atoms with E-state index in [9.17, 15) is 14.4 Å². The quantitative estimate of drug-likeness (QED) is 0.261. The molecule has 3 aromatic carbocycles. The number of carbonyl (C=O) groups excluding carboxylic acids is 3. The minimum atomic E-state index is -0.619. The van der Waals surface area contributed by atoms with Gasteiger partial charge in [-0.3, -0.25) is 14.5 Å². The van der Waals surface area contributed by atoms with E-state index < -0.39 is 18.5 Å². The van der Waals surface area contributed by atoms with Crippen LogP contribution in [0.25, 0.3) is 6.08 Å². The second-order valence-corrected chi connectivity index (χ2v) is 9.50. The molecule has 0 atom stereocenters. The van der Waals surface area contributed by atoms with Crippen LogP contribution < -0.4 is 15.0 Å². The Morgan fingerprint density at radius 1 is 1.00 bits per heavy atom. The van der Waals surface area contributed by atoms with Crippen molar-refractivity contribution >= 4 is 63.5 Å². The standard InChI is InChI=1S/C27H22N2O5S2/c1-17-3-9-20(10-4-17)28-24(30)16-34-26(32)19-7-5-18(6-8-19)15-23-25(31)29(27(35)36-23)21-11-13-22(33-2)14-12-21/h3-15H,16H2,1-2H3,(H,28,30)/b23-15+. The average Bonchev–Trinajstić information content (AvgIpc) is 3.16. The fourth-order valence-electron chi connectivity index (χ4n) is 3.34. The maximum Gasteiger partial charge on any atom is 0.338 e. The van der Waals surface area contributed by atoms with Crippen molar-refractivity contribution in [2.45, 2.75) is 6.92 Å². The molecule has 1 aliphatic heterocycles. The lowest BCUT2D eigenvalue weighted by Gasteiger charge is -2.14. The first kappa shape index (κ1) is 25.2. The highest BCUT2D eigenvalue weighted by molar-refractivity contribution is 8.27. The van der Waals surface area contributed by atoms with Crippen molar-refractivity contribution < 1.29 is 23.9 Å². The van der Waals surface area contributed by atoms with Crippen LogP contribution in [-0.2, 0) is 14.3 Å². The normalized spacial score (nSPS) is 14.2. The molecule has 1 fully saturated rings. The van der Waals surface area contributed by atoms with Crippen LogP contribution in [0.5, 0.6) is 5.75 Å². The van der Waals surface area contributed by atoms with Crippen LogP contribution in [0.15, 0.2) is 77.7 Å². The molecular formula is C27H22N2O5S2. The Morgan fingerprint density at radius 2 is 1.67 bits per heavy atom. The Hall–Kier alpha value is -3.95. The summed E-state index contributed by atoms with van der Waals surface area (Å²) in [5.41, 5.74) is 3.38. The highest BCUT2D eigenvalue weighted by atomic mass is 32.2. The number of hydrogen-bond donors (Lipinski definition) is 1. The van der Waals surface area contributed by atoms with Gasteiger partial charge in [0.15, 0.2) is 10.9 Å². The summed E-state index contributed by atoms with van der Waals surface area (Å²) >= 11 is 6.61. The first-order valence-electron chi connectivity index (χ1n) is 10.9. The molecule has 1 aliphatic rings. The minimum Gasteiger partial charge on any atom is -0.497 e. The van der Waals surface area contributed by atoms with Gasteiger partial charge in [0.25, 0.3) is 11.8 Å². The summed E-state index contributed by atoms with van der Waals surface area (Å²) in [6.45, 7) is 1.55. The maximum atomic E-state index is 13.0. The number of amides is 2. The smallest absolute Gasteiger partial charge is 0.338 e. The molecule has 182 valence electrons. The molecule has 3 aromatic rings. The second kappa shape index (κ2) is 11.2. The van der Waals surface area contributed by atoms with Crippen LogP contribution in [0, 0.1) is 6.92 Å². The molecule has 0 unspecified atom stereocenters. The Morgan fingerprint density at radius 3 is 2.31 bits per heavy atom. The van der Waals surface area contributed by atoms with E-state index in [1.54, 1.807) is 73.8 Å². The van der Waals surface area contributed by atoms with Gasteiger partial charge in [-0.15, -0.1) is 0 Å². The van der Waals surface area contributed by atoms with Gasteiger partial charge in [0, 0.05) is 5.69 Å².